The number of rotatable bonds is 3. The molecular formula is C7H18O4PS2+. The fourth-order valence-corrected chi connectivity index (χ4v) is 5.24. The van der Waals surface area contributed by atoms with Gasteiger partial charge in [-0.25, -0.2) is 4.21 Å². The molecule has 86 valence electrons. The van der Waals surface area contributed by atoms with Gasteiger partial charge < -0.3 is 0 Å². The Bertz CT molecular complexity index is 263. The van der Waals surface area contributed by atoms with Crippen molar-refractivity contribution in [2.24, 2.45) is 0 Å². The second-order valence-corrected chi connectivity index (χ2v) is 10.6. The first-order valence-electron chi connectivity index (χ1n) is 4.19. The van der Waals surface area contributed by atoms with Gasteiger partial charge in [-0.2, -0.15) is 3.97 Å². The normalized spacial score (nSPS) is 15.7. The average molecular weight is 261 g/mol. The van der Waals surface area contributed by atoms with Crippen LogP contribution < -0.4 is 0 Å². The minimum absolute atomic E-state index is 0.0234. The Morgan fingerprint density at radius 2 is 1.79 bits per heavy atom. The van der Waals surface area contributed by atoms with Crippen LogP contribution in [0.25, 0.3) is 0 Å². The summed E-state index contributed by atoms with van der Waals surface area (Å²) in [6, 6.07) is 0. The molecule has 7 heteroatoms. The van der Waals surface area contributed by atoms with Gasteiger partial charge in [0.1, 0.15) is 0 Å². The molecule has 0 aliphatic heterocycles. The highest BCUT2D eigenvalue weighted by Crippen LogP contribution is 2.43. The molecule has 0 fully saturated rings. The first kappa shape index (κ1) is 14.7. The molecule has 0 saturated heterocycles. The van der Waals surface area contributed by atoms with E-state index in [2.05, 4.69) is 0 Å². The summed E-state index contributed by atoms with van der Waals surface area (Å²) in [4.78, 5) is 18.9. The summed E-state index contributed by atoms with van der Waals surface area (Å²) in [5, 5.41) is 0.0234. The van der Waals surface area contributed by atoms with E-state index in [1.165, 1.54) is 0 Å². The smallest absolute Gasteiger partial charge is 0.289 e. The summed E-state index contributed by atoms with van der Waals surface area (Å²) in [7, 11) is 0.908. The molecule has 1 unspecified atom stereocenters. The van der Waals surface area contributed by atoms with Crippen molar-refractivity contribution in [1.82, 2.24) is 0 Å². The Labute approximate surface area is 91.6 Å². The van der Waals surface area contributed by atoms with Crippen LogP contribution in [0.2, 0.25) is 0 Å². The Morgan fingerprint density at radius 1 is 1.36 bits per heavy atom. The molecule has 0 saturated carbocycles. The molecule has 0 aliphatic carbocycles. The lowest BCUT2D eigenvalue weighted by molar-refractivity contribution is 0.377. The second kappa shape index (κ2) is 5.14. The monoisotopic (exact) mass is 261 g/mol. The Balaban J connectivity index is 4.61. The Morgan fingerprint density at radius 3 is 2.07 bits per heavy atom. The molecule has 0 aromatic carbocycles. The molecule has 0 aromatic rings. The van der Waals surface area contributed by atoms with Gasteiger partial charge >= 0.3 is 6.72 Å². The minimum Gasteiger partial charge on any atom is -0.289 e. The first-order chi connectivity index (χ1) is 6.04. The van der Waals surface area contributed by atoms with E-state index in [9.17, 15) is 14.0 Å². The van der Waals surface area contributed by atoms with E-state index in [1.54, 1.807) is 20.8 Å². The van der Waals surface area contributed by atoms with Gasteiger partial charge in [0.2, 0.25) is 10.9 Å². The SMILES string of the molecule is CC(C)[S+]=P(O)(O)OS(=O)C(C)(C)C. The molecule has 0 spiro atoms. The molecule has 0 aliphatic rings. The molecule has 0 heterocycles. The second-order valence-electron chi connectivity index (χ2n) is 4.07. The molecule has 0 bridgehead atoms. The van der Waals surface area contributed by atoms with Gasteiger partial charge in [-0.3, -0.25) is 9.79 Å². The zero-order valence-corrected chi connectivity index (χ0v) is 11.6. The number of hydrogen-bond acceptors (Lipinski definition) is 2. The molecule has 4 nitrogen and oxygen atoms in total. The van der Waals surface area contributed by atoms with E-state index in [0.717, 1.165) is 10.9 Å². The van der Waals surface area contributed by atoms with Crippen LogP contribution in [-0.2, 0) is 26.0 Å². The first-order valence-corrected chi connectivity index (χ1v) is 8.37. The molecule has 2 N–H and O–H groups in total. The third-order valence-electron chi connectivity index (χ3n) is 1.01. The van der Waals surface area contributed by atoms with E-state index in [4.69, 9.17) is 3.97 Å². The quantitative estimate of drug-likeness (QED) is 0.598. The lowest BCUT2D eigenvalue weighted by atomic mass is 10.3. The molecule has 1 atom stereocenters. The van der Waals surface area contributed by atoms with Crippen LogP contribution in [0.4, 0.5) is 0 Å². The Hall–Kier alpha value is 0.680. The van der Waals surface area contributed by atoms with Gasteiger partial charge in [0, 0.05) is 0 Å². The molecule has 0 aromatic heterocycles. The van der Waals surface area contributed by atoms with Gasteiger partial charge in [0.05, 0.1) is 4.75 Å². The molecular weight excluding hydrogens is 243 g/mol. The summed E-state index contributed by atoms with van der Waals surface area (Å²) < 4.78 is 15.6. The lowest BCUT2D eigenvalue weighted by Gasteiger charge is -2.16. The molecule has 14 heavy (non-hydrogen) atoms. The van der Waals surface area contributed by atoms with Crippen LogP contribution in [0.15, 0.2) is 0 Å². The van der Waals surface area contributed by atoms with Gasteiger partial charge in [0.15, 0.2) is 16.3 Å². The highest BCUT2D eigenvalue weighted by atomic mass is 32.5. The third-order valence-corrected chi connectivity index (χ3v) is 6.66. The third kappa shape index (κ3) is 6.22. The van der Waals surface area contributed by atoms with Crippen LogP contribution in [0.3, 0.4) is 0 Å². The van der Waals surface area contributed by atoms with Crippen molar-refractivity contribution in [3.05, 3.63) is 0 Å². The molecule has 0 amide bonds. The lowest BCUT2D eigenvalue weighted by Crippen LogP contribution is -2.23. The van der Waals surface area contributed by atoms with E-state index in [-0.39, 0.29) is 5.25 Å². The van der Waals surface area contributed by atoms with Crippen molar-refractivity contribution >= 4 is 28.7 Å². The van der Waals surface area contributed by atoms with E-state index >= 15 is 0 Å². The van der Waals surface area contributed by atoms with Crippen molar-refractivity contribution in [2.75, 3.05) is 0 Å². The molecule has 0 radical (unpaired) electrons. The van der Waals surface area contributed by atoms with Crippen LogP contribution in [0.5, 0.6) is 0 Å². The average Bonchev–Trinajstić information content (AvgIpc) is 1.79. The summed E-state index contributed by atoms with van der Waals surface area (Å²) in [5.41, 5.74) is 0. The summed E-state index contributed by atoms with van der Waals surface area (Å²) in [6.07, 6.45) is 0. The predicted octanol–water partition coefficient (Wildman–Crippen LogP) is 1.62. The topological polar surface area (TPSA) is 66.8 Å². The van der Waals surface area contributed by atoms with Crippen molar-refractivity contribution in [1.29, 1.82) is 0 Å². The highest BCUT2D eigenvalue weighted by molar-refractivity contribution is 8.19. The maximum atomic E-state index is 11.4. The van der Waals surface area contributed by atoms with Gasteiger partial charge in [-0.05, 0) is 34.6 Å². The van der Waals surface area contributed by atoms with E-state index < -0.39 is 22.5 Å². The van der Waals surface area contributed by atoms with Crippen molar-refractivity contribution in [3.63, 3.8) is 0 Å². The van der Waals surface area contributed by atoms with Crippen LogP contribution in [0.1, 0.15) is 34.6 Å². The highest BCUT2D eigenvalue weighted by Gasteiger charge is 2.34. The van der Waals surface area contributed by atoms with E-state index in [1.807, 2.05) is 13.8 Å². The minimum atomic E-state index is -3.53. The largest absolute Gasteiger partial charge is 0.531 e. The van der Waals surface area contributed by atoms with Crippen LogP contribution in [-0.4, -0.2) is 24.0 Å². The summed E-state index contributed by atoms with van der Waals surface area (Å²) in [5.74, 6) is 0. The summed E-state index contributed by atoms with van der Waals surface area (Å²) in [6.45, 7) is 5.23. The number of hydrogen-bond donors (Lipinski definition) is 2. The van der Waals surface area contributed by atoms with E-state index in [0.29, 0.717) is 0 Å². The van der Waals surface area contributed by atoms with Crippen LogP contribution >= 0.6 is 6.72 Å². The van der Waals surface area contributed by atoms with Crippen LogP contribution in [0, 0.1) is 0 Å². The van der Waals surface area contributed by atoms with Gasteiger partial charge in [0.25, 0.3) is 0 Å². The zero-order valence-electron chi connectivity index (χ0n) is 9.05. The maximum Gasteiger partial charge on any atom is 0.531 e. The van der Waals surface area contributed by atoms with Crippen molar-refractivity contribution in [3.8, 4) is 0 Å². The van der Waals surface area contributed by atoms with Crippen molar-refractivity contribution < 1.29 is 18.0 Å². The standard InChI is InChI=1S/C7H18O4PS2/c1-6(2)13-12(8,9)11-14(10)7(3,4)5/h6,8-9H,1-5H3/q+1. The van der Waals surface area contributed by atoms with Gasteiger partial charge in [-0.15, -0.1) is 0 Å². The van der Waals surface area contributed by atoms with Crippen molar-refractivity contribution in [2.45, 2.75) is 44.6 Å². The summed E-state index contributed by atoms with van der Waals surface area (Å²) >= 11 is -1.69. The zero-order chi connectivity index (χ0) is 11.6. The maximum absolute atomic E-state index is 11.4. The fraction of sp³-hybridized carbons (Fsp3) is 1.00. The predicted molar refractivity (Wildman–Crippen MR) is 62.8 cm³/mol. The fourth-order valence-electron chi connectivity index (χ4n) is 0.492. The molecule has 0 rings (SSSR count). The van der Waals surface area contributed by atoms with Gasteiger partial charge in [-0.1, -0.05) is 0 Å². The Kier molecular flexibility index (Phi) is 5.39.